The van der Waals surface area contributed by atoms with E-state index < -0.39 is 23.5 Å². The Bertz CT molecular complexity index is 785. The first kappa shape index (κ1) is 24.3. The highest BCUT2D eigenvalue weighted by atomic mass is 127. The van der Waals surface area contributed by atoms with Crippen molar-refractivity contribution in [2.75, 3.05) is 26.7 Å². The van der Waals surface area contributed by atoms with Crippen LogP contribution < -0.4 is 15.4 Å². The van der Waals surface area contributed by atoms with Gasteiger partial charge in [-0.05, 0) is 12.1 Å². The maximum absolute atomic E-state index is 13.1. The third kappa shape index (κ3) is 7.73. The topological polar surface area (TPSA) is 58.5 Å². The van der Waals surface area contributed by atoms with Crippen LogP contribution in [0.25, 0.3) is 0 Å². The van der Waals surface area contributed by atoms with Gasteiger partial charge in [0.05, 0.1) is 11.6 Å². The summed E-state index contributed by atoms with van der Waals surface area (Å²) in [6.45, 7) is 0.843. The highest BCUT2D eigenvalue weighted by Crippen LogP contribution is 2.29. The van der Waals surface area contributed by atoms with Crippen molar-refractivity contribution < 1.29 is 26.7 Å². The molecule has 0 saturated carbocycles. The van der Waals surface area contributed by atoms with Crippen LogP contribution >= 0.6 is 35.3 Å². The molecule has 156 valence electrons. The standard InChI is InChI=1S/C16H17F5N4OS.HI/c1-22-15(23-5-4-14-25-13(9-27-14)16(19,20)21)24-6-7-26-10-2-3-11(17)12(18)8-10;/h2-3,8-9H,4-7H2,1H3,(H2,22,23,24);1H. The van der Waals surface area contributed by atoms with Crippen molar-refractivity contribution in [2.45, 2.75) is 12.6 Å². The van der Waals surface area contributed by atoms with Crippen LogP contribution in [-0.4, -0.2) is 37.7 Å². The van der Waals surface area contributed by atoms with Crippen LogP contribution in [0, 0.1) is 11.6 Å². The maximum atomic E-state index is 13.1. The molecule has 0 aliphatic rings. The van der Waals surface area contributed by atoms with Crippen LogP contribution in [0.5, 0.6) is 5.75 Å². The van der Waals surface area contributed by atoms with Crippen LogP contribution in [0.1, 0.15) is 10.7 Å². The number of aromatic nitrogens is 1. The number of nitrogens with one attached hydrogen (secondary N) is 2. The molecule has 12 heteroatoms. The molecule has 0 fully saturated rings. The fourth-order valence-corrected chi connectivity index (χ4v) is 2.77. The highest BCUT2D eigenvalue weighted by Gasteiger charge is 2.33. The molecular formula is C16H18F5IN4OS. The fraction of sp³-hybridized carbons (Fsp3) is 0.375. The summed E-state index contributed by atoms with van der Waals surface area (Å²) < 4.78 is 68.6. The SMILES string of the molecule is CN=C(NCCOc1ccc(F)c(F)c1)NCCc1nc(C(F)(F)F)cs1.I. The highest BCUT2D eigenvalue weighted by molar-refractivity contribution is 14.0. The van der Waals surface area contributed by atoms with Crippen LogP contribution in [-0.2, 0) is 12.6 Å². The van der Waals surface area contributed by atoms with E-state index in [0.29, 0.717) is 30.5 Å². The Morgan fingerprint density at radius 3 is 2.50 bits per heavy atom. The Labute approximate surface area is 179 Å². The second-order valence-electron chi connectivity index (χ2n) is 5.22. The third-order valence-electron chi connectivity index (χ3n) is 3.25. The van der Waals surface area contributed by atoms with Crippen LogP contribution in [0.4, 0.5) is 22.0 Å². The summed E-state index contributed by atoms with van der Waals surface area (Å²) in [7, 11) is 1.54. The molecule has 1 heterocycles. The first-order valence-electron chi connectivity index (χ1n) is 7.83. The van der Waals surface area contributed by atoms with Crippen molar-refractivity contribution in [2.24, 2.45) is 4.99 Å². The number of hydrogen-bond acceptors (Lipinski definition) is 4. The number of thiazole rings is 1. The van der Waals surface area contributed by atoms with Crippen molar-refractivity contribution in [3.8, 4) is 5.75 Å². The number of ether oxygens (including phenoxy) is 1. The lowest BCUT2D eigenvalue weighted by atomic mass is 10.3. The Kier molecular flexibility index (Phi) is 9.85. The Morgan fingerprint density at radius 2 is 1.89 bits per heavy atom. The second kappa shape index (κ2) is 11.3. The van der Waals surface area contributed by atoms with Gasteiger partial charge in [0.2, 0.25) is 0 Å². The van der Waals surface area contributed by atoms with Crippen molar-refractivity contribution in [3.63, 3.8) is 0 Å². The molecule has 0 aliphatic heterocycles. The minimum Gasteiger partial charge on any atom is -0.492 e. The Morgan fingerprint density at radius 1 is 1.18 bits per heavy atom. The van der Waals surface area contributed by atoms with Crippen LogP contribution in [0.15, 0.2) is 28.6 Å². The molecular weight excluding hydrogens is 518 g/mol. The van der Waals surface area contributed by atoms with Crippen molar-refractivity contribution in [1.82, 2.24) is 15.6 Å². The van der Waals surface area contributed by atoms with E-state index in [-0.39, 0.29) is 36.3 Å². The molecule has 28 heavy (non-hydrogen) atoms. The van der Waals surface area contributed by atoms with Gasteiger partial charge in [-0.3, -0.25) is 4.99 Å². The number of halogens is 6. The average molecular weight is 536 g/mol. The molecule has 5 nitrogen and oxygen atoms in total. The minimum absolute atomic E-state index is 0. The van der Waals surface area contributed by atoms with Gasteiger partial charge in [0.25, 0.3) is 0 Å². The smallest absolute Gasteiger partial charge is 0.434 e. The van der Waals surface area contributed by atoms with Crippen molar-refractivity contribution >= 4 is 41.3 Å². The lowest BCUT2D eigenvalue weighted by Crippen LogP contribution is -2.40. The number of alkyl halides is 3. The average Bonchev–Trinajstić information content (AvgIpc) is 3.09. The molecule has 2 rings (SSSR count). The van der Waals surface area contributed by atoms with Crippen molar-refractivity contribution in [3.05, 3.63) is 45.9 Å². The zero-order chi connectivity index (χ0) is 19.9. The van der Waals surface area contributed by atoms with Gasteiger partial charge in [0, 0.05) is 31.5 Å². The van der Waals surface area contributed by atoms with Gasteiger partial charge in [-0.25, -0.2) is 13.8 Å². The van der Waals surface area contributed by atoms with E-state index in [1.54, 1.807) is 0 Å². The normalized spacial score (nSPS) is 11.7. The molecule has 0 bridgehead atoms. The monoisotopic (exact) mass is 536 g/mol. The lowest BCUT2D eigenvalue weighted by Gasteiger charge is -2.12. The predicted octanol–water partition coefficient (Wildman–Crippen LogP) is 3.84. The van der Waals surface area contributed by atoms with Gasteiger partial charge < -0.3 is 15.4 Å². The molecule has 0 amide bonds. The van der Waals surface area contributed by atoms with Gasteiger partial charge >= 0.3 is 6.18 Å². The van der Waals surface area contributed by atoms with Gasteiger partial charge in [-0.2, -0.15) is 13.2 Å². The molecule has 0 unspecified atom stereocenters. The number of benzene rings is 1. The van der Waals surface area contributed by atoms with E-state index in [4.69, 9.17) is 4.74 Å². The predicted molar refractivity (Wildman–Crippen MR) is 107 cm³/mol. The number of rotatable bonds is 7. The summed E-state index contributed by atoms with van der Waals surface area (Å²) in [5.74, 6) is -1.32. The number of aliphatic imine (C=N–C) groups is 1. The van der Waals surface area contributed by atoms with Crippen molar-refractivity contribution in [1.29, 1.82) is 0 Å². The van der Waals surface area contributed by atoms with E-state index in [9.17, 15) is 22.0 Å². The first-order chi connectivity index (χ1) is 12.8. The number of nitrogens with zero attached hydrogens (tertiary/aromatic N) is 2. The van der Waals surface area contributed by atoms with Gasteiger partial charge in [0.15, 0.2) is 23.3 Å². The number of guanidine groups is 1. The zero-order valence-electron chi connectivity index (χ0n) is 14.6. The van der Waals surface area contributed by atoms with E-state index in [0.717, 1.165) is 28.8 Å². The van der Waals surface area contributed by atoms with E-state index in [2.05, 4.69) is 20.6 Å². The first-order valence-corrected chi connectivity index (χ1v) is 8.71. The molecule has 0 aliphatic carbocycles. The largest absolute Gasteiger partial charge is 0.492 e. The third-order valence-corrected chi connectivity index (χ3v) is 4.16. The van der Waals surface area contributed by atoms with E-state index >= 15 is 0 Å². The quantitative estimate of drug-likeness (QED) is 0.186. The molecule has 0 saturated heterocycles. The minimum atomic E-state index is -4.44. The summed E-state index contributed by atoms with van der Waals surface area (Å²) in [6.07, 6.45) is -4.12. The van der Waals surface area contributed by atoms with Crippen LogP contribution in [0.2, 0.25) is 0 Å². The summed E-state index contributed by atoms with van der Waals surface area (Å²) in [6, 6.07) is 3.24. The summed E-state index contributed by atoms with van der Waals surface area (Å²) in [5.41, 5.74) is -0.889. The molecule has 1 aromatic carbocycles. The van der Waals surface area contributed by atoms with Gasteiger partial charge in [-0.1, -0.05) is 0 Å². The Hall–Kier alpha value is -1.70. The second-order valence-corrected chi connectivity index (χ2v) is 6.17. The Balaban J connectivity index is 0.00000392. The van der Waals surface area contributed by atoms with Gasteiger partial charge in [0.1, 0.15) is 12.4 Å². The summed E-state index contributed by atoms with van der Waals surface area (Å²) in [4.78, 5) is 7.51. The molecule has 0 atom stereocenters. The summed E-state index contributed by atoms with van der Waals surface area (Å²) >= 11 is 0.948. The molecule has 2 N–H and O–H groups in total. The molecule has 2 aromatic rings. The maximum Gasteiger partial charge on any atom is 0.434 e. The van der Waals surface area contributed by atoms with Gasteiger partial charge in [-0.15, -0.1) is 35.3 Å². The van der Waals surface area contributed by atoms with E-state index in [1.165, 1.54) is 13.1 Å². The lowest BCUT2D eigenvalue weighted by molar-refractivity contribution is -0.140. The van der Waals surface area contributed by atoms with Crippen LogP contribution in [0.3, 0.4) is 0 Å². The number of hydrogen-bond donors (Lipinski definition) is 2. The summed E-state index contributed by atoms with van der Waals surface area (Å²) in [5, 5.41) is 7.22. The molecule has 0 radical (unpaired) electrons. The molecule has 1 aromatic heterocycles. The van der Waals surface area contributed by atoms with E-state index in [1.807, 2.05) is 0 Å². The molecule has 0 spiro atoms. The zero-order valence-corrected chi connectivity index (χ0v) is 17.8. The fourth-order valence-electron chi connectivity index (χ4n) is 1.97.